The van der Waals surface area contributed by atoms with Crippen LogP contribution in [-0.2, 0) is 4.79 Å². The third-order valence-electron chi connectivity index (χ3n) is 5.27. The highest BCUT2D eigenvalue weighted by Gasteiger charge is 2.34. The number of fused-ring (bicyclic) bond motifs is 3. The van der Waals surface area contributed by atoms with Crippen LogP contribution < -0.4 is 10.6 Å². The smallest absolute Gasteiger partial charge is 0.255 e. The van der Waals surface area contributed by atoms with E-state index in [4.69, 9.17) is 0 Å². The lowest BCUT2D eigenvalue weighted by molar-refractivity contribution is -0.113. The van der Waals surface area contributed by atoms with Crippen molar-refractivity contribution in [3.63, 3.8) is 0 Å². The van der Waals surface area contributed by atoms with Crippen LogP contribution in [0.25, 0.3) is 11.0 Å². The van der Waals surface area contributed by atoms with E-state index >= 15 is 0 Å². The highest BCUT2D eigenvalue weighted by molar-refractivity contribution is 6.06. The normalized spacial score (nSPS) is 15.6. The Bertz CT molecular complexity index is 1290. The van der Waals surface area contributed by atoms with E-state index in [-0.39, 0.29) is 11.7 Å². The standard InChI is InChI=1S/C24H19FN4O/c1-15-21(23(30)27-18-10-3-2-4-11-18)22(16-8-7-9-17(25)14-16)29-20-13-6-5-12-19(20)28-24(29)26-15/h2-14,22H,1H3,(H,26,28)(H,27,30)/t22-/m0/s1. The zero-order valence-corrected chi connectivity index (χ0v) is 16.3. The van der Waals surface area contributed by atoms with E-state index in [1.54, 1.807) is 6.07 Å². The number of halogens is 1. The zero-order chi connectivity index (χ0) is 20.7. The molecule has 2 heterocycles. The van der Waals surface area contributed by atoms with Crippen LogP contribution >= 0.6 is 0 Å². The molecule has 0 radical (unpaired) electrons. The number of aromatic nitrogens is 2. The third kappa shape index (κ3) is 3.03. The molecule has 1 aromatic heterocycles. The summed E-state index contributed by atoms with van der Waals surface area (Å²) in [4.78, 5) is 18.0. The number of carbonyl (C=O) groups is 1. The predicted molar refractivity (Wildman–Crippen MR) is 116 cm³/mol. The molecule has 148 valence electrons. The molecule has 6 heteroatoms. The number of imidazole rings is 1. The maximum atomic E-state index is 14.2. The molecule has 2 N–H and O–H groups in total. The Hall–Kier alpha value is -3.93. The van der Waals surface area contributed by atoms with E-state index in [1.807, 2.05) is 72.2 Å². The molecule has 5 rings (SSSR count). The van der Waals surface area contributed by atoms with Gasteiger partial charge in [0.1, 0.15) is 5.82 Å². The van der Waals surface area contributed by atoms with E-state index in [0.29, 0.717) is 28.5 Å². The van der Waals surface area contributed by atoms with E-state index in [9.17, 15) is 9.18 Å². The SMILES string of the molecule is CC1=C(C(=O)Nc2ccccc2)[C@H](c2cccc(F)c2)n2c(nc3ccccc32)N1. The Balaban J connectivity index is 1.69. The van der Waals surface area contributed by atoms with Crippen LogP contribution in [0.5, 0.6) is 0 Å². The molecule has 0 spiro atoms. The average molecular weight is 398 g/mol. The summed E-state index contributed by atoms with van der Waals surface area (Å²) in [7, 11) is 0. The average Bonchev–Trinajstić information content (AvgIpc) is 3.11. The van der Waals surface area contributed by atoms with Crippen molar-refractivity contribution in [2.45, 2.75) is 13.0 Å². The highest BCUT2D eigenvalue weighted by atomic mass is 19.1. The Morgan fingerprint density at radius 2 is 1.80 bits per heavy atom. The summed E-state index contributed by atoms with van der Waals surface area (Å²) in [6.45, 7) is 1.84. The van der Waals surface area contributed by atoms with Crippen molar-refractivity contribution >= 4 is 28.6 Å². The zero-order valence-electron chi connectivity index (χ0n) is 16.3. The molecule has 0 aliphatic carbocycles. The maximum absolute atomic E-state index is 14.2. The summed E-state index contributed by atoms with van der Waals surface area (Å²) in [5.74, 6) is 0.0283. The summed E-state index contributed by atoms with van der Waals surface area (Å²) in [5, 5.41) is 6.22. The maximum Gasteiger partial charge on any atom is 0.255 e. The molecule has 0 saturated carbocycles. The largest absolute Gasteiger partial charge is 0.329 e. The molecule has 1 aliphatic heterocycles. The first-order valence-electron chi connectivity index (χ1n) is 9.68. The minimum absolute atomic E-state index is 0.246. The van der Waals surface area contributed by atoms with Gasteiger partial charge in [0.2, 0.25) is 5.95 Å². The van der Waals surface area contributed by atoms with Crippen molar-refractivity contribution in [3.8, 4) is 0 Å². The monoisotopic (exact) mass is 398 g/mol. The molecule has 0 fully saturated rings. The van der Waals surface area contributed by atoms with Gasteiger partial charge in [0, 0.05) is 11.4 Å². The fourth-order valence-corrected chi connectivity index (χ4v) is 3.97. The second-order valence-corrected chi connectivity index (χ2v) is 7.24. The van der Waals surface area contributed by atoms with Gasteiger partial charge in [-0.1, -0.05) is 42.5 Å². The first kappa shape index (κ1) is 18.1. The molecule has 30 heavy (non-hydrogen) atoms. The summed E-state index contributed by atoms with van der Waals surface area (Å²) in [6, 6.07) is 22.8. The molecular formula is C24H19FN4O. The van der Waals surface area contributed by atoms with Crippen LogP contribution in [0, 0.1) is 5.82 Å². The van der Waals surface area contributed by atoms with E-state index < -0.39 is 6.04 Å². The highest BCUT2D eigenvalue weighted by Crippen LogP contribution is 2.39. The lowest BCUT2D eigenvalue weighted by Gasteiger charge is -2.30. The number of hydrogen-bond donors (Lipinski definition) is 2. The van der Waals surface area contributed by atoms with Gasteiger partial charge in [-0.15, -0.1) is 0 Å². The van der Waals surface area contributed by atoms with Gasteiger partial charge in [0.25, 0.3) is 5.91 Å². The van der Waals surface area contributed by atoms with E-state index in [0.717, 1.165) is 11.0 Å². The molecule has 1 amide bonds. The fraction of sp³-hybridized carbons (Fsp3) is 0.0833. The second-order valence-electron chi connectivity index (χ2n) is 7.24. The fourth-order valence-electron chi connectivity index (χ4n) is 3.97. The minimum atomic E-state index is -0.520. The predicted octanol–water partition coefficient (Wildman–Crippen LogP) is 5.10. The van der Waals surface area contributed by atoms with E-state index in [1.165, 1.54) is 12.1 Å². The van der Waals surface area contributed by atoms with Crippen LogP contribution in [-0.4, -0.2) is 15.5 Å². The van der Waals surface area contributed by atoms with Gasteiger partial charge in [-0.2, -0.15) is 0 Å². The van der Waals surface area contributed by atoms with Gasteiger partial charge in [-0.3, -0.25) is 9.36 Å². The number of para-hydroxylation sites is 3. The number of nitrogens with one attached hydrogen (secondary N) is 2. The number of anilines is 2. The molecule has 1 aliphatic rings. The number of hydrogen-bond acceptors (Lipinski definition) is 3. The van der Waals surface area contributed by atoms with Crippen molar-refractivity contribution in [2.24, 2.45) is 0 Å². The Morgan fingerprint density at radius 1 is 1.03 bits per heavy atom. The molecule has 0 saturated heterocycles. The van der Waals surface area contributed by atoms with Gasteiger partial charge >= 0.3 is 0 Å². The van der Waals surface area contributed by atoms with Crippen LogP contribution in [0.4, 0.5) is 16.0 Å². The summed E-state index contributed by atoms with van der Waals surface area (Å²) >= 11 is 0. The van der Waals surface area contributed by atoms with Crippen molar-refractivity contribution in [1.82, 2.24) is 9.55 Å². The lowest BCUT2D eigenvalue weighted by Crippen LogP contribution is -2.31. The van der Waals surface area contributed by atoms with Gasteiger partial charge in [0.05, 0.1) is 22.6 Å². The molecule has 4 aromatic rings. The van der Waals surface area contributed by atoms with Gasteiger partial charge < -0.3 is 10.6 Å². The molecule has 3 aromatic carbocycles. The summed E-state index contributed by atoms with van der Waals surface area (Å²) < 4.78 is 16.1. The van der Waals surface area contributed by atoms with Gasteiger partial charge in [-0.25, -0.2) is 9.37 Å². The van der Waals surface area contributed by atoms with Crippen LogP contribution in [0.1, 0.15) is 18.5 Å². The molecular weight excluding hydrogens is 379 g/mol. The number of rotatable bonds is 3. The van der Waals surface area contributed by atoms with Crippen molar-refractivity contribution in [1.29, 1.82) is 0 Å². The van der Waals surface area contributed by atoms with Crippen molar-refractivity contribution in [3.05, 3.63) is 102 Å². The quantitative estimate of drug-likeness (QED) is 0.505. The first-order valence-corrected chi connectivity index (χ1v) is 9.68. The minimum Gasteiger partial charge on any atom is -0.329 e. The van der Waals surface area contributed by atoms with E-state index in [2.05, 4.69) is 15.6 Å². The van der Waals surface area contributed by atoms with Crippen LogP contribution in [0.15, 0.2) is 90.1 Å². The van der Waals surface area contributed by atoms with Gasteiger partial charge in [0.15, 0.2) is 0 Å². The Morgan fingerprint density at radius 3 is 2.60 bits per heavy atom. The molecule has 0 bridgehead atoms. The second kappa shape index (κ2) is 7.15. The summed E-state index contributed by atoms with van der Waals surface area (Å²) in [6.07, 6.45) is 0. The molecule has 5 nitrogen and oxygen atoms in total. The molecule has 0 unspecified atom stereocenters. The van der Waals surface area contributed by atoms with Crippen molar-refractivity contribution < 1.29 is 9.18 Å². The number of amides is 1. The van der Waals surface area contributed by atoms with Crippen LogP contribution in [0.2, 0.25) is 0 Å². The number of benzene rings is 3. The third-order valence-corrected chi connectivity index (χ3v) is 5.27. The van der Waals surface area contributed by atoms with Crippen molar-refractivity contribution in [2.75, 3.05) is 10.6 Å². The Kier molecular flexibility index (Phi) is 4.32. The summed E-state index contributed by atoms with van der Waals surface area (Å²) in [5.41, 5.74) is 4.24. The lowest BCUT2D eigenvalue weighted by atomic mass is 9.94. The molecule has 1 atom stereocenters. The van der Waals surface area contributed by atoms with Crippen LogP contribution in [0.3, 0.4) is 0 Å². The first-order chi connectivity index (χ1) is 14.6. The number of carbonyl (C=O) groups excluding carboxylic acids is 1. The number of nitrogens with zero attached hydrogens (tertiary/aromatic N) is 2. The van der Waals surface area contributed by atoms with Gasteiger partial charge in [-0.05, 0) is 48.9 Å². The topological polar surface area (TPSA) is 59.0 Å². The Labute approximate surface area is 172 Å². The number of allylic oxidation sites excluding steroid dienone is 1.